The number of rotatable bonds is 3. The predicted molar refractivity (Wildman–Crippen MR) is 74.9 cm³/mol. The van der Waals surface area contributed by atoms with Crippen LogP contribution in [0, 0.1) is 0 Å². The maximum Gasteiger partial charge on any atom is 0.282 e. The van der Waals surface area contributed by atoms with Gasteiger partial charge in [-0.05, 0) is 36.2 Å². The van der Waals surface area contributed by atoms with Crippen LogP contribution in [0.2, 0.25) is 4.47 Å². The Morgan fingerprint density at radius 1 is 1.50 bits per heavy atom. The third-order valence-corrected chi connectivity index (χ3v) is 3.80. The molecule has 2 aromatic rings. The third kappa shape index (κ3) is 3.28. The molecule has 0 fully saturated rings. The molecule has 0 bridgehead atoms. The van der Waals surface area contributed by atoms with Gasteiger partial charge in [0.2, 0.25) is 9.47 Å². The second kappa shape index (κ2) is 5.77. The summed E-state index contributed by atoms with van der Waals surface area (Å²) in [6, 6.07) is 7.64. The zero-order valence-electron chi connectivity index (χ0n) is 9.35. The topological polar surface area (TPSA) is 54.9 Å². The van der Waals surface area contributed by atoms with Gasteiger partial charge in [0.1, 0.15) is 0 Å². The molecule has 94 valence electrons. The molecule has 1 N–H and O–H groups in total. The molecule has 0 spiro atoms. The van der Waals surface area contributed by atoms with E-state index in [1.807, 2.05) is 31.2 Å². The van der Waals surface area contributed by atoms with E-state index >= 15 is 0 Å². The maximum atomic E-state index is 11.9. The molecule has 1 atom stereocenters. The molecule has 1 heterocycles. The lowest BCUT2D eigenvalue weighted by Crippen LogP contribution is -2.26. The molecule has 1 amide bonds. The summed E-state index contributed by atoms with van der Waals surface area (Å²) in [6.07, 6.45) is 0. The van der Waals surface area contributed by atoms with Crippen molar-refractivity contribution >= 4 is 44.8 Å². The van der Waals surface area contributed by atoms with Crippen LogP contribution in [0.5, 0.6) is 0 Å². The first-order chi connectivity index (χ1) is 8.56. The number of aromatic nitrogens is 2. The summed E-state index contributed by atoms with van der Waals surface area (Å²) in [6.45, 7) is 1.91. The van der Waals surface area contributed by atoms with Crippen molar-refractivity contribution in [1.82, 2.24) is 15.5 Å². The SMILES string of the molecule is CC(NC(=O)c1nnc(Cl)s1)c1cccc(Br)c1. The van der Waals surface area contributed by atoms with Crippen LogP contribution in [-0.2, 0) is 0 Å². The normalized spacial score (nSPS) is 12.2. The lowest BCUT2D eigenvalue weighted by molar-refractivity contribution is 0.0939. The van der Waals surface area contributed by atoms with Crippen molar-refractivity contribution in [2.45, 2.75) is 13.0 Å². The second-order valence-electron chi connectivity index (χ2n) is 3.61. The molecule has 0 saturated carbocycles. The second-order valence-corrected chi connectivity index (χ2v) is 6.09. The highest BCUT2D eigenvalue weighted by Crippen LogP contribution is 2.19. The van der Waals surface area contributed by atoms with Crippen LogP contribution in [0.3, 0.4) is 0 Å². The van der Waals surface area contributed by atoms with Crippen LogP contribution in [-0.4, -0.2) is 16.1 Å². The zero-order valence-corrected chi connectivity index (χ0v) is 12.5. The Morgan fingerprint density at radius 3 is 2.89 bits per heavy atom. The third-order valence-electron chi connectivity index (χ3n) is 2.29. The van der Waals surface area contributed by atoms with E-state index in [1.165, 1.54) is 0 Å². The Labute approximate surface area is 122 Å². The van der Waals surface area contributed by atoms with Gasteiger partial charge in [0, 0.05) is 4.47 Å². The molecule has 1 aromatic carbocycles. The summed E-state index contributed by atoms with van der Waals surface area (Å²) in [5.74, 6) is -0.271. The number of benzene rings is 1. The van der Waals surface area contributed by atoms with Gasteiger partial charge in [-0.2, -0.15) is 0 Å². The fourth-order valence-corrected chi connectivity index (χ4v) is 2.56. The molecule has 7 heteroatoms. The van der Waals surface area contributed by atoms with Crippen molar-refractivity contribution in [3.8, 4) is 0 Å². The quantitative estimate of drug-likeness (QED) is 0.926. The summed E-state index contributed by atoms with van der Waals surface area (Å²) < 4.78 is 1.23. The van der Waals surface area contributed by atoms with Gasteiger partial charge in [-0.15, -0.1) is 10.2 Å². The van der Waals surface area contributed by atoms with Gasteiger partial charge < -0.3 is 5.32 Å². The highest BCUT2D eigenvalue weighted by atomic mass is 79.9. The van der Waals surface area contributed by atoms with E-state index in [4.69, 9.17) is 11.6 Å². The Morgan fingerprint density at radius 2 is 2.28 bits per heavy atom. The fraction of sp³-hybridized carbons (Fsp3) is 0.182. The van der Waals surface area contributed by atoms with Crippen LogP contribution in [0.25, 0.3) is 0 Å². The monoisotopic (exact) mass is 345 g/mol. The van der Waals surface area contributed by atoms with Gasteiger partial charge in [0.15, 0.2) is 0 Å². The summed E-state index contributed by atoms with van der Waals surface area (Å²) in [7, 11) is 0. The lowest BCUT2D eigenvalue weighted by Gasteiger charge is -2.13. The highest BCUT2D eigenvalue weighted by molar-refractivity contribution is 9.10. The standard InChI is InChI=1S/C11H9BrClN3OS/c1-6(7-3-2-4-8(12)5-7)14-9(17)10-15-16-11(13)18-10/h2-6H,1H3,(H,14,17). The van der Waals surface area contributed by atoms with E-state index in [9.17, 15) is 4.79 Å². The Bertz CT molecular complexity index is 575. The molecule has 0 aliphatic carbocycles. The molecular formula is C11H9BrClN3OS. The number of halogens is 2. The van der Waals surface area contributed by atoms with E-state index < -0.39 is 0 Å². The van der Waals surface area contributed by atoms with E-state index in [0.717, 1.165) is 21.4 Å². The number of carbonyl (C=O) groups excluding carboxylic acids is 1. The van der Waals surface area contributed by atoms with E-state index in [2.05, 4.69) is 31.4 Å². The van der Waals surface area contributed by atoms with E-state index in [-0.39, 0.29) is 21.4 Å². The molecule has 4 nitrogen and oxygen atoms in total. The zero-order chi connectivity index (χ0) is 13.1. The van der Waals surface area contributed by atoms with Crippen molar-refractivity contribution < 1.29 is 4.79 Å². The highest BCUT2D eigenvalue weighted by Gasteiger charge is 2.15. The molecule has 0 saturated heterocycles. The van der Waals surface area contributed by atoms with Crippen LogP contribution in [0.15, 0.2) is 28.7 Å². The van der Waals surface area contributed by atoms with Crippen LogP contribution in [0.1, 0.15) is 28.3 Å². The molecule has 1 aromatic heterocycles. The van der Waals surface area contributed by atoms with Crippen molar-refractivity contribution in [2.75, 3.05) is 0 Å². The van der Waals surface area contributed by atoms with Gasteiger partial charge >= 0.3 is 0 Å². The van der Waals surface area contributed by atoms with Crippen molar-refractivity contribution in [3.63, 3.8) is 0 Å². The average molecular weight is 347 g/mol. The van der Waals surface area contributed by atoms with Gasteiger partial charge in [0.05, 0.1) is 6.04 Å². The van der Waals surface area contributed by atoms with Crippen molar-refractivity contribution in [3.05, 3.63) is 43.8 Å². The first kappa shape index (κ1) is 13.5. The fourth-order valence-electron chi connectivity index (χ4n) is 1.41. The minimum Gasteiger partial charge on any atom is -0.343 e. The molecule has 0 radical (unpaired) electrons. The van der Waals surface area contributed by atoms with E-state index in [0.29, 0.717) is 0 Å². The smallest absolute Gasteiger partial charge is 0.282 e. The largest absolute Gasteiger partial charge is 0.343 e. The number of nitrogens with zero attached hydrogens (tertiary/aromatic N) is 2. The summed E-state index contributed by atoms with van der Waals surface area (Å²) in [4.78, 5) is 11.9. The molecule has 1 unspecified atom stereocenters. The lowest BCUT2D eigenvalue weighted by atomic mass is 10.1. The maximum absolute atomic E-state index is 11.9. The first-order valence-corrected chi connectivity index (χ1v) is 7.10. The Kier molecular flexibility index (Phi) is 4.31. The number of carbonyl (C=O) groups is 1. The van der Waals surface area contributed by atoms with Gasteiger partial charge in [-0.3, -0.25) is 4.79 Å². The minimum atomic E-state index is -0.271. The number of nitrogens with one attached hydrogen (secondary N) is 1. The van der Waals surface area contributed by atoms with Crippen LogP contribution >= 0.6 is 38.9 Å². The molecule has 2 rings (SSSR count). The number of hydrogen-bond donors (Lipinski definition) is 1. The molecular weight excluding hydrogens is 338 g/mol. The molecule has 0 aliphatic rings. The van der Waals surface area contributed by atoms with Crippen LogP contribution in [0.4, 0.5) is 0 Å². The minimum absolute atomic E-state index is 0.113. The number of hydrogen-bond acceptors (Lipinski definition) is 4. The van der Waals surface area contributed by atoms with Crippen LogP contribution < -0.4 is 5.32 Å². The number of amides is 1. The van der Waals surface area contributed by atoms with Crippen molar-refractivity contribution in [1.29, 1.82) is 0 Å². The summed E-state index contributed by atoms with van der Waals surface area (Å²) in [5, 5.41) is 10.4. The van der Waals surface area contributed by atoms with Gasteiger partial charge in [-0.25, -0.2) is 0 Å². The summed E-state index contributed by atoms with van der Waals surface area (Å²) >= 11 is 10.1. The van der Waals surface area contributed by atoms with Gasteiger partial charge in [0.25, 0.3) is 5.91 Å². The summed E-state index contributed by atoms with van der Waals surface area (Å²) in [5.41, 5.74) is 1.01. The Hall–Kier alpha value is -0.980. The average Bonchev–Trinajstić information content (AvgIpc) is 2.76. The molecule has 0 aliphatic heterocycles. The van der Waals surface area contributed by atoms with Crippen molar-refractivity contribution in [2.24, 2.45) is 0 Å². The predicted octanol–water partition coefficient (Wildman–Crippen LogP) is 3.45. The van der Waals surface area contributed by atoms with Gasteiger partial charge in [-0.1, -0.05) is 39.4 Å². The molecule has 18 heavy (non-hydrogen) atoms. The first-order valence-electron chi connectivity index (χ1n) is 5.11. The Balaban J connectivity index is 2.07. The van der Waals surface area contributed by atoms with E-state index in [1.54, 1.807) is 0 Å².